The molecule has 1 nitrogen and oxygen atoms in total. The van der Waals surface area contributed by atoms with E-state index < -0.39 is 0 Å². The topological polar surface area (TPSA) is 12.0 Å². The van der Waals surface area contributed by atoms with Gasteiger partial charge < -0.3 is 5.32 Å². The third kappa shape index (κ3) is 4.45. The van der Waals surface area contributed by atoms with Crippen molar-refractivity contribution in [3.63, 3.8) is 0 Å². The van der Waals surface area contributed by atoms with E-state index in [1.165, 1.54) is 43.4 Å². The van der Waals surface area contributed by atoms with E-state index in [2.05, 4.69) is 50.4 Å². The van der Waals surface area contributed by atoms with Gasteiger partial charge in [-0.25, -0.2) is 0 Å². The molecule has 1 heteroatoms. The van der Waals surface area contributed by atoms with Gasteiger partial charge in [0.1, 0.15) is 0 Å². The number of hydrogen-bond acceptors (Lipinski definition) is 1. The Hall–Kier alpha value is -0.820. The van der Waals surface area contributed by atoms with Gasteiger partial charge in [-0.15, -0.1) is 0 Å². The van der Waals surface area contributed by atoms with Crippen LogP contribution in [0.2, 0.25) is 0 Å². The summed E-state index contributed by atoms with van der Waals surface area (Å²) >= 11 is 0. The van der Waals surface area contributed by atoms with Crippen molar-refractivity contribution in [1.82, 2.24) is 5.32 Å². The second-order valence-electron chi connectivity index (χ2n) is 6.22. The van der Waals surface area contributed by atoms with Gasteiger partial charge in [0.15, 0.2) is 0 Å². The van der Waals surface area contributed by atoms with Crippen LogP contribution < -0.4 is 5.32 Å². The van der Waals surface area contributed by atoms with Crippen molar-refractivity contribution in [1.29, 1.82) is 0 Å². The highest BCUT2D eigenvalue weighted by molar-refractivity contribution is 5.24. The number of rotatable bonds is 7. The molecule has 1 aromatic carbocycles. The van der Waals surface area contributed by atoms with E-state index in [4.69, 9.17) is 0 Å². The SMILES string of the molecule is CC(CCNC1CC1)Cc1ccc(C(C)C)cc1. The van der Waals surface area contributed by atoms with Crippen LogP contribution in [0.15, 0.2) is 24.3 Å². The molecule has 1 saturated carbocycles. The first kappa shape index (κ1) is 13.6. The number of hydrogen-bond donors (Lipinski definition) is 1. The smallest absolute Gasteiger partial charge is 0.00682 e. The molecule has 0 saturated heterocycles. The highest BCUT2D eigenvalue weighted by Crippen LogP contribution is 2.20. The first-order chi connectivity index (χ1) is 8.65. The minimum atomic E-state index is 0.638. The van der Waals surface area contributed by atoms with E-state index in [0.717, 1.165) is 12.0 Å². The minimum absolute atomic E-state index is 0.638. The van der Waals surface area contributed by atoms with Crippen LogP contribution >= 0.6 is 0 Å². The Balaban J connectivity index is 1.73. The first-order valence-electron chi connectivity index (χ1n) is 7.47. The summed E-state index contributed by atoms with van der Waals surface area (Å²) in [6.07, 6.45) is 5.29. The molecule has 1 aliphatic carbocycles. The summed E-state index contributed by atoms with van der Waals surface area (Å²) in [5.41, 5.74) is 2.93. The van der Waals surface area contributed by atoms with Gasteiger partial charge in [0.2, 0.25) is 0 Å². The molecule has 0 aromatic heterocycles. The molecule has 100 valence electrons. The molecular weight excluding hydrogens is 218 g/mol. The summed E-state index contributed by atoms with van der Waals surface area (Å²) in [5.74, 6) is 1.42. The molecule has 0 spiro atoms. The van der Waals surface area contributed by atoms with E-state index in [1.54, 1.807) is 0 Å². The van der Waals surface area contributed by atoms with Gasteiger partial charge in [-0.3, -0.25) is 0 Å². The molecular formula is C17H27N. The summed E-state index contributed by atoms with van der Waals surface area (Å²) in [6, 6.07) is 10.0. The summed E-state index contributed by atoms with van der Waals surface area (Å²) in [6.45, 7) is 8.06. The molecule has 1 fully saturated rings. The van der Waals surface area contributed by atoms with Gasteiger partial charge in [-0.1, -0.05) is 45.0 Å². The van der Waals surface area contributed by atoms with Crippen molar-refractivity contribution in [2.24, 2.45) is 5.92 Å². The Morgan fingerprint density at radius 2 is 1.78 bits per heavy atom. The van der Waals surface area contributed by atoms with E-state index >= 15 is 0 Å². The molecule has 0 radical (unpaired) electrons. The molecule has 1 N–H and O–H groups in total. The fraction of sp³-hybridized carbons (Fsp3) is 0.647. The lowest BCUT2D eigenvalue weighted by Gasteiger charge is -2.13. The van der Waals surface area contributed by atoms with E-state index in [-0.39, 0.29) is 0 Å². The normalized spacial score (nSPS) is 17.1. The molecule has 18 heavy (non-hydrogen) atoms. The lowest BCUT2D eigenvalue weighted by atomic mass is 9.95. The maximum absolute atomic E-state index is 3.60. The summed E-state index contributed by atoms with van der Waals surface area (Å²) in [7, 11) is 0. The zero-order chi connectivity index (χ0) is 13.0. The minimum Gasteiger partial charge on any atom is -0.314 e. The van der Waals surface area contributed by atoms with Gasteiger partial charge in [-0.05, 0) is 55.2 Å². The molecule has 0 amide bonds. The second-order valence-corrected chi connectivity index (χ2v) is 6.22. The fourth-order valence-electron chi connectivity index (χ4n) is 2.36. The third-order valence-electron chi connectivity index (χ3n) is 3.88. The predicted molar refractivity (Wildman–Crippen MR) is 79.0 cm³/mol. The Labute approximate surface area is 112 Å². The van der Waals surface area contributed by atoms with Gasteiger partial charge in [0.05, 0.1) is 0 Å². The highest BCUT2D eigenvalue weighted by Gasteiger charge is 2.19. The lowest BCUT2D eigenvalue weighted by molar-refractivity contribution is 0.497. The molecule has 1 aromatic rings. The Kier molecular flexibility index (Phi) is 4.82. The van der Waals surface area contributed by atoms with Crippen LogP contribution in [-0.2, 0) is 6.42 Å². The van der Waals surface area contributed by atoms with Gasteiger partial charge in [-0.2, -0.15) is 0 Å². The van der Waals surface area contributed by atoms with Crippen LogP contribution in [-0.4, -0.2) is 12.6 Å². The average molecular weight is 245 g/mol. The van der Waals surface area contributed by atoms with E-state index in [0.29, 0.717) is 5.92 Å². The van der Waals surface area contributed by atoms with Crippen LogP contribution in [0.5, 0.6) is 0 Å². The van der Waals surface area contributed by atoms with Crippen LogP contribution in [0.25, 0.3) is 0 Å². The predicted octanol–water partition coefficient (Wildman–Crippen LogP) is 4.13. The summed E-state index contributed by atoms with van der Waals surface area (Å²) in [5, 5.41) is 3.60. The van der Waals surface area contributed by atoms with Crippen molar-refractivity contribution >= 4 is 0 Å². The highest BCUT2D eigenvalue weighted by atomic mass is 14.9. The van der Waals surface area contributed by atoms with Crippen molar-refractivity contribution in [3.05, 3.63) is 35.4 Å². The summed E-state index contributed by atoms with van der Waals surface area (Å²) < 4.78 is 0. The number of benzene rings is 1. The summed E-state index contributed by atoms with van der Waals surface area (Å²) in [4.78, 5) is 0. The van der Waals surface area contributed by atoms with Crippen molar-refractivity contribution in [2.45, 2.75) is 58.4 Å². The van der Waals surface area contributed by atoms with Crippen molar-refractivity contribution in [3.8, 4) is 0 Å². The van der Waals surface area contributed by atoms with E-state index in [9.17, 15) is 0 Å². The van der Waals surface area contributed by atoms with Crippen molar-refractivity contribution < 1.29 is 0 Å². The maximum atomic E-state index is 3.60. The second kappa shape index (κ2) is 6.38. The molecule has 0 heterocycles. The monoisotopic (exact) mass is 245 g/mol. The third-order valence-corrected chi connectivity index (χ3v) is 3.88. The molecule has 1 atom stereocenters. The Morgan fingerprint density at radius 1 is 1.11 bits per heavy atom. The standard InChI is InChI=1S/C17H27N/c1-13(2)16-6-4-15(5-7-16)12-14(3)10-11-18-17-8-9-17/h4-7,13-14,17-18H,8-12H2,1-3H3. The molecule has 0 aliphatic heterocycles. The van der Waals surface area contributed by atoms with Gasteiger partial charge >= 0.3 is 0 Å². The largest absolute Gasteiger partial charge is 0.314 e. The zero-order valence-corrected chi connectivity index (χ0v) is 12.1. The first-order valence-corrected chi connectivity index (χ1v) is 7.47. The van der Waals surface area contributed by atoms with Crippen LogP contribution in [0.4, 0.5) is 0 Å². The van der Waals surface area contributed by atoms with Crippen LogP contribution in [0, 0.1) is 5.92 Å². The maximum Gasteiger partial charge on any atom is 0.00682 e. The number of nitrogens with one attached hydrogen (secondary N) is 1. The fourth-order valence-corrected chi connectivity index (χ4v) is 2.36. The lowest BCUT2D eigenvalue weighted by Crippen LogP contribution is -2.20. The van der Waals surface area contributed by atoms with E-state index in [1.807, 2.05) is 0 Å². The zero-order valence-electron chi connectivity index (χ0n) is 12.1. The Bertz CT molecular complexity index is 348. The quantitative estimate of drug-likeness (QED) is 0.761. The van der Waals surface area contributed by atoms with Gasteiger partial charge in [0, 0.05) is 6.04 Å². The molecule has 1 unspecified atom stereocenters. The molecule has 2 rings (SSSR count). The molecule has 0 bridgehead atoms. The molecule has 1 aliphatic rings. The van der Waals surface area contributed by atoms with Crippen LogP contribution in [0.1, 0.15) is 57.1 Å². The van der Waals surface area contributed by atoms with Crippen molar-refractivity contribution in [2.75, 3.05) is 6.54 Å². The average Bonchev–Trinajstić information content (AvgIpc) is 3.13. The van der Waals surface area contributed by atoms with Crippen LogP contribution in [0.3, 0.4) is 0 Å². The Morgan fingerprint density at radius 3 is 2.33 bits per heavy atom. The van der Waals surface area contributed by atoms with Gasteiger partial charge in [0.25, 0.3) is 0 Å².